The van der Waals surface area contributed by atoms with Gasteiger partial charge in [0.25, 0.3) is 11.6 Å². The molecule has 2 rings (SSSR count). The van der Waals surface area contributed by atoms with E-state index < -0.39 is 16.7 Å². The lowest BCUT2D eigenvalue weighted by Gasteiger charge is -2.11. The maximum absolute atomic E-state index is 12.1. The molecule has 2 N–H and O–H groups in total. The number of benzene rings is 2. The maximum atomic E-state index is 12.1. The van der Waals surface area contributed by atoms with E-state index >= 15 is 0 Å². The van der Waals surface area contributed by atoms with Crippen molar-refractivity contribution in [3.8, 4) is 5.75 Å². The Bertz CT molecular complexity index is 869. The van der Waals surface area contributed by atoms with Crippen LogP contribution < -0.4 is 15.4 Å². The lowest BCUT2D eigenvalue weighted by atomic mass is 10.2. The highest BCUT2D eigenvalue weighted by Gasteiger charge is 2.17. The van der Waals surface area contributed by atoms with E-state index in [0.29, 0.717) is 11.4 Å². The van der Waals surface area contributed by atoms with E-state index in [1.54, 1.807) is 12.1 Å². The smallest absolute Gasteiger partial charge is 0.288 e. The van der Waals surface area contributed by atoms with Crippen LogP contribution in [0.5, 0.6) is 5.75 Å². The fourth-order valence-corrected chi connectivity index (χ4v) is 2.36. The van der Waals surface area contributed by atoms with Crippen LogP contribution in [0.4, 0.5) is 11.4 Å². The first-order valence-corrected chi connectivity index (χ1v) is 7.86. The van der Waals surface area contributed by atoms with Crippen LogP contribution in [0.15, 0.2) is 36.4 Å². The molecule has 2 aromatic carbocycles. The van der Waals surface area contributed by atoms with Gasteiger partial charge in [-0.3, -0.25) is 19.7 Å². The molecule has 0 aliphatic carbocycles. The number of rotatable bonds is 6. The molecule has 0 heterocycles. The van der Waals surface area contributed by atoms with Crippen molar-refractivity contribution < 1.29 is 19.2 Å². The van der Waals surface area contributed by atoms with Crippen LogP contribution in [0.1, 0.15) is 15.9 Å². The van der Waals surface area contributed by atoms with Gasteiger partial charge in [-0.2, -0.15) is 0 Å². The average Bonchev–Trinajstić information content (AvgIpc) is 2.60. The number of amides is 2. The Hall–Kier alpha value is -3.13. The number of methoxy groups -OCH3 is 1. The van der Waals surface area contributed by atoms with Crippen LogP contribution in [-0.2, 0) is 4.79 Å². The molecule has 0 bridgehead atoms. The van der Waals surface area contributed by atoms with E-state index in [9.17, 15) is 19.7 Å². The molecule has 136 valence electrons. The van der Waals surface area contributed by atoms with Crippen LogP contribution in [-0.4, -0.2) is 30.4 Å². The number of anilines is 1. The van der Waals surface area contributed by atoms with Crippen LogP contribution in [0, 0.1) is 17.0 Å². The summed E-state index contributed by atoms with van der Waals surface area (Å²) in [5, 5.41) is 15.8. The third-order valence-corrected chi connectivity index (χ3v) is 3.76. The molecule has 2 amide bonds. The van der Waals surface area contributed by atoms with Crippen molar-refractivity contribution in [2.24, 2.45) is 0 Å². The molecule has 0 spiro atoms. The lowest BCUT2D eigenvalue weighted by molar-refractivity contribution is -0.384. The first-order chi connectivity index (χ1) is 12.3. The molecule has 0 atom stereocenters. The van der Waals surface area contributed by atoms with Gasteiger partial charge < -0.3 is 15.4 Å². The molecular formula is C17H16ClN3O5. The van der Waals surface area contributed by atoms with Crippen molar-refractivity contribution in [3.63, 3.8) is 0 Å². The number of hydrogen-bond acceptors (Lipinski definition) is 5. The highest BCUT2D eigenvalue weighted by molar-refractivity contribution is 6.32. The van der Waals surface area contributed by atoms with Gasteiger partial charge in [0, 0.05) is 11.6 Å². The van der Waals surface area contributed by atoms with E-state index in [4.69, 9.17) is 16.3 Å². The first kappa shape index (κ1) is 19.2. The summed E-state index contributed by atoms with van der Waals surface area (Å²) in [5.74, 6) is -0.606. The van der Waals surface area contributed by atoms with E-state index in [2.05, 4.69) is 10.6 Å². The summed E-state index contributed by atoms with van der Waals surface area (Å²) in [7, 11) is 1.48. The number of aryl methyl sites for hydroxylation is 1. The lowest BCUT2D eigenvalue weighted by Crippen LogP contribution is -2.33. The molecule has 2 aromatic rings. The third kappa shape index (κ3) is 4.70. The summed E-state index contributed by atoms with van der Waals surface area (Å²) in [6.45, 7) is 1.55. The summed E-state index contributed by atoms with van der Waals surface area (Å²) >= 11 is 5.71. The maximum Gasteiger partial charge on any atom is 0.288 e. The Labute approximate surface area is 154 Å². The normalized spacial score (nSPS) is 10.1. The summed E-state index contributed by atoms with van der Waals surface area (Å²) in [4.78, 5) is 34.3. The van der Waals surface area contributed by atoms with Crippen molar-refractivity contribution in [1.29, 1.82) is 0 Å². The minimum atomic E-state index is -0.685. The zero-order valence-electron chi connectivity index (χ0n) is 14.0. The monoisotopic (exact) mass is 377 g/mol. The Balaban J connectivity index is 2.01. The molecule has 0 saturated heterocycles. The number of hydrogen-bond donors (Lipinski definition) is 2. The molecule has 0 aliphatic heterocycles. The molecule has 0 radical (unpaired) electrons. The second-order valence-corrected chi connectivity index (χ2v) is 5.77. The summed E-state index contributed by atoms with van der Waals surface area (Å²) < 4.78 is 5.16. The second-order valence-electron chi connectivity index (χ2n) is 5.36. The van der Waals surface area contributed by atoms with Gasteiger partial charge in [-0.25, -0.2) is 0 Å². The number of nitrogens with one attached hydrogen (secondary N) is 2. The molecular weight excluding hydrogens is 362 g/mol. The third-order valence-electron chi connectivity index (χ3n) is 3.44. The molecule has 0 unspecified atom stereocenters. The van der Waals surface area contributed by atoms with Gasteiger partial charge in [-0.1, -0.05) is 17.7 Å². The Kier molecular flexibility index (Phi) is 6.13. The van der Waals surface area contributed by atoms with Crippen LogP contribution in [0.25, 0.3) is 0 Å². The quantitative estimate of drug-likeness (QED) is 0.594. The van der Waals surface area contributed by atoms with Crippen LogP contribution in [0.2, 0.25) is 5.02 Å². The summed E-state index contributed by atoms with van der Waals surface area (Å²) in [6.07, 6.45) is 0. The van der Waals surface area contributed by atoms with Gasteiger partial charge in [0.15, 0.2) is 0 Å². The molecule has 9 heteroatoms. The molecule has 0 aromatic heterocycles. The van der Waals surface area contributed by atoms with Gasteiger partial charge in [-0.15, -0.1) is 0 Å². The van der Waals surface area contributed by atoms with Crippen LogP contribution in [0.3, 0.4) is 0 Å². The van der Waals surface area contributed by atoms with Gasteiger partial charge in [0.2, 0.25) is 5.91 Å². The van der Waals surface area contributed by atoms with Gasteiger partial charge in [-0.05, 0) is 36.8 Å². The zero-order chi connectivity index (χ0) is 19.3. The Morgan fingerprint density at radius 1 is 1.23 bits per heavy atom. The molecule has 26 heavy (non-hydrogen) atoms. The highest BCUT2D eigenvalue weighted by atomic mass is 35.5. The van der Waals surface area contributed by atoms with Crippen molar-refractivity contribution >= 4 is 34.8 Å². The van der Waals surface area contributed by atoms with Crippen molar-refractivity contribution in [2.75, 3.05) is 19.0 Å². The van der Waals surface area contributed by atoms with Gasteiger partial charge in [0.05, 0.1) is 24.3 Å². The highest BCUT2D eigenvalue weighted by Crippen LogP contribution is 2.26. The Morgan fingerprint density at radius 2 is 1.96 bits per heavy atom. The topological polar surface area (TPSA) is 111 Å². The fraction of sp³-hybridized carbons (Fsp3) is 0.176. The number of nitro benzene ring substituents is 1. The van der Waals surface area contributed by atoms with E-state index in [1.165, 1.54) is 19.2 Å². The number of nitrogens with zero attached hydrogens (tertiary/aromatic N) is 1. The molecule has 8 nitrogen and oxygen atoms in total. The number of carbonyl (C=O) groups is 2. The predicted molar refractivity (Wildman–Crippen MR) is 96.8 cm³/mol. The minimum Gasteiger partial charge on any atom is -0.495 e. The largest absolute Gasteiger partial charge is 0.495 e. The minimum absolute atomic E-state index is 0.0297. The summed E-state index contributed by atoms with van der Waals surface area (Å²) in [6, 6.07) is 8.94. The molecule has 0 aliphatic rings. The number of carbonyl (C=O) groups excluding carboxylic acids is 2. The van der Waals surface area contributed by atoms with E-state index in [-0.39, 0.29) is 22.8 Å². The van der Waals surface area contributed by atoms with Crippen LogP contribution >= 0.6 is 11.6 Å². The SMILES string of the molecule is COc1ccc(C)cc1NC(=O)CNC(=O)c1ccc(Cl)c([N+](=O)[O-])c1. The molecule has 0 saturated carbocycles. The number of halogens is 1. The zero-order valence-corrected chi connectivity index (χ0v) is 14.8. The second kappa shape index (κ2) is 8.30. The Morgan fingerprint density at radius 3 is 2.62 bits per heavy atom. The van der Waals surface area contributed by atoms with Crippen molar-refractivity contribution in [3.05, 3.63) is 62.7 Å². The fourth-order valence-electron chi connectivity index (χ4n) is 2.17. The average molecular weight is 378 g/mol. The van der Waals surface area contributed by atoms with E-state index in [1.807, 2.05) is 13.0 Å². The van der Waals surface area contributed by atoms with Gasteiger partial charge in [0.1, 0.15) is 10.8 Å². The predicted octanol–water partition coefficient (Wildman–Crippen LogP) is 2.93. The first-order valence-electron chi connectivity index (χ1n) is 7.48. The van der Waals surface area contributed by atoms with Crippen molar-refractivity contribution in [2.45, 2.75) is 6.92 Å². The number of ether oxygens (including phenoxy) is 1. The van der Waals surface area contributed by atoms with E-state index in [0.717, 1.165) is 11.6 Å². The number of nitro groups is 1. The standard InChI is InChI=1S/C17H16ClN3O5/c1-10-3-6-15(26-2)13(7-10)20-16(22)9-19-17(23)11-4-5-12(18)14(8-11)21(24)25/h3-8H,9H2,1-2H3,(H,19,23)(H,20,22). The van der Waals surface area contributed by atoms with Crippen molar-refractivity contribution in [1.82, 2.24) is 5.32 Å². The molecule has 0 fully saturated rings. The summed E-state index contributed by atoms with van der Waals surface area (Å²) in [5.41, 5.74) is 1.06. The van der Waals surface area contributed by atoms with Gasteiger partial charge >= 0.3 is 0 Å².